The molecule has 0 aliphatic carbocycles. The second-order valence-electron chi connectivity index (χ2n) is 5.75. The number of nitrogens with zero attached hydrogens (tertiary/aromatic N) is 1. The molecule has 0 fully saturated rings. The van der Waals surface area contributed by atoms with Crippen LogP contribution >= 0.6 is 24.0 Å². The Bertz CT molecular complexity index is 513. The zero-order valence-electron chi connectivity index (χ0n) is 16.2. The normalized spacial score (nSPS) is 11.0. The summed E-state index contributed by atoms with van der Waals surface area (Å²) in [6.07, 6.45) is 3.90. The van der Waals surface area contributed by atoms with Crippen LogP contribution in [-0.4, -0.2) is 51.0 Å². The number of ether oxygens (including phenoxy) is 2. The number of aromatic hydroxyl groups is 1. The van der Waals surface area contributed by atoms with E-state index in [1.165, 1.54) is 0 Å². The van der Waals surface area contributed by atoms with Crippen LogP contribution in [0.15, 0.2) is 23.2 Å². The number of methoxy groups -OCH3 is 1. The van der Waals surface area contributed by atoms with Crippen LogP contribution in [0.2, 0.25) is 0 Å². The van der Waals surface area contributed by atoms with Crippen molar-refractivity contribution in [2.24, 2.45) is 4.99 Å². The van der Waals surface area contributed by atoms with E-state index < -0.39 is 0 Å². The van der Waals surface area contributed by atoms with Gasteiger partial charge in [0.15, 0.2) is 5.96 Å². The van der Waals surface area contributed by atoms with E-state index >= 15 is 0 Å². The van der Waals surface area contributed by atoms with E-state index in [0.717, 1.165) is 57.1 Å². The number of aliphatic imine (C=N–C) groups is 1. The van der Waals surface area contributed by atoms with Crippen LogP contribution in [0.1, 0.15) is 38.7 Å². The van der Waals surface area contributed by atoms with Gasteiger partial charge in [0, 0.05) is 38.9 Å². The van der Waals surface area contributed by atoms with Gasteiger partial charge in [-0.2, -0.15) is 0 Å². The number of hydrogen-bond acceptors (Lipinski definition) is 4. The number of hydrogen-bond donors (Lipinski definition) is 3. The van der Waals surface area contributed by atoms with Crippen molar-refractivity contribution in [1.29, 1.82) is 0 Å². The van der Waals surface area contributed by atoms with E-state index in [-0.39, 0.29) is 29.7 Å². The molecule has 0 aliphatic rings. The first-order valence-electron chi connectivity index (χ1n) is 9.17. The molecule has 0 saturated carbocycles. The van der Waals surface area contributed by atoms with Gasteiger partial charge in [-0.3, -0.25) is 4.99 Å². The molecular weight excluding hydrogens is 445 g/mol. The first-order valence-corrected chi connectivity index (χ1v) is 9.17. The number of phenols is 1. The maximum Gasteiger partial charge on any atom is 0.191 e. The van der Waals surface area contributed by atoms with Gasteiger partial charge in [0.25, 0.3) is 0 Å². The van der Waals surface area contributed by atoms with E-state index in [1.807, 2.05) is 19.1 Å². The Morgan fingerprint density at radius 3 is 2.58 bits per heavy atom. The van der Waals surface area contributed by atoms with Crippen LogP contribution in [0.25, 0.3) is 0 Å². The van der Waals surface area contributed by atoms with Crippen molar-refractivity contribution in [2.45, 2.75) is 39.5 Å². The van der Waals surface area contributed by atoms with Crippen molar-refractivity contribution in [1.82, 2.24) is 10.6 Å². The summed E-state index contributed by atoms with van der Waals surface area (Å²) in [6.45, 7) is 8.03. The average Bonchev–Trinajstić information content (AvgIpc) is 2.62. The largest absolute Gasteiger partial charge is 0.508 e. The summed E-state index contributed by atoms with van der Waals surface area (Å²) < 4.78 is 10.6. The maximum absolute atomic E-state index is 9.99. The topological polar surface area (TPSA) is 75.1 Å². The van der Waals surface area contributed by atoms with Gasteiger partial charge in [0.2, 0.25) is 0 Å². The molecule has 26 heavy (non-hydrogen) atoms. The lowest BCUT2D eigenvalue weighted by atomic mass is 10.1. The molecule has 0 atom stereocenters. The molecule has 1 aromatic carbocycles. The zero-order valence-corrected chi connectivity index (χ0v) is 18.5. The summed E-state index contributed by atoms with van der Waals surface area (Å²) in [4.78, 5) is 4.54. The van der Waals surface area contributed by atoms with Gasteiger partial charge in [0.05, 0.1) is 7.11 Å². The van der Waals surface area contributed by atoms with Gasteiger partial charge in [-0.15, -0.1) is 24.0 Å². The number of nitrogens with one attached hydrogen (secondary N) is 2. The molecule has 1 rings (SSSR count). The molecule has 0 unspecified atom stereocenters. The van der Waals surface area contributed by atoms with Gasteiger partial charge >= 0.3 is 0 Å². The molecular formula is C19H34IN3O3. The fourth-order valence-electron chi connectivity index (χ4n) is 2.25. The quantitative estimate of drug-likeness (QED) is 0.186. The van der Waals surface area contributed by atoms with Crippen molar-refractivity contribution in [2.75, 3.05) is 40.0 Å². The molecule has 150 valence electrons. The van der Waals surface area contributed by atoms with Crippen LogP contribution in [0.5, 0.6) is 11.5 Å². The number of guanidine groups is 1. The fraction of sp³-hybridized carbons (Fsp3) is 0.632. The molecule has 0 saturated heterocycles. The SMILES string of the molecule is CCCCOCCCN=C(NCC)NCCc1ccc(OC)cc1O.I. The highest BCUT2D eigenvalue weighted by Crippen LogP contribution is 2.23. The molecule has 7 heteroatoms. The van der Waals surface area contributed by atoms with E-state index in [1.54, 1.807) is 13.2 Å². The van der Waals surface area contributed by atoms with Gasteiger partial charge in [0.1, 0.15) is 11.5 Å². The summed E-state index contributed by atoms with van der Waals surface area (Å²) in [7, 11) is 1.59. The third-order valence-corrected chi connectivity index (χ3v) is 3.68. The summed E-state index contributed by atoms with van der Waals surface area (Å²) in [5.74, 6) is 1.71. The smallest absolute Gasteiger partial charge is 0.191 e. The molecule has 1 aromatic rings. The van der Waals surface area contributed by atoms with Crippen molar-refractivity contribution >= 4 is 29.9 Å². The Hall–Kier alpha value is -1.22. The zero-order chi connectivity index (χ0) is 18.3. The second-order valence-corrected chi connectivity index (χ2v) is 5.75. The minimum Gasteiger partial charge on any atom is -0.508 e. The third-order valence-electron chi connectivity index (χ3n) is 3.68. The Balaban J connectivity index is 0.00000625. The molecule has 0 amide bonds. The summed E-state index contributed by atoms with van der Waals surface area (Å²) in [6, 6.07) is 5.37. The van der Waals surface area contributed by atoms with Crippen molar-refractivity contribution in [3.63, 3.8) is 0 Å². The first-order chi connectivity index (χ1) is 12.2. The number of unbranched alkanes of at least 4 members (excludes halogenated alkanes) is 1. The highest BCUT2D eigenvalue weighted by molar-refractivity contribution is 14.0. The predicted octanol–water partition coefficient (Wildman–Crippen LogP) is 3.32. The lowest BCUT2D eigenvalue weighted by Gasteiger charge is -2.12. The van der Waals surface area contributed by atoms with E-state index in [2.05, 4.69) is 22.5 Å². The first kappa shape index (κ1) is 24.8. The van der Waals surface area contributed by atoms with Crippen LogP contribution in [0.4, 0.5) is 0 Å². The minimum absolute atomic E-state index is 0. The van der Waals surface area contributed by atoms with E-state index in [4.69, 9.17) is 9.47 Å². The number of rotatable bonds is 12. The molecule has 0 radical (unpaired) electrons. The van der Waals surface area contributed by atoms with E-state index in [9.17, 15) is 5.11 Å². The van der Waals surface area contributed by atoms with Gasteiger partial charge in [-0.05, 0) is 37.8 Å². The Morgan fingerprint density at radius 2 is 1.92 bits per heavy atom. The van der Waals surface area contributed by atoms with Crippen molar-refractivity contribution in [3.05, 3.63) is 23.8 Å². The summed E-state index contributed by atoms with van der Waals surface area (Å²) >= 11 is 0. The van der Waals surface area contributed by atoms with Crippen molar-refractivity contribution < 1.29 is 14.6 Å². The standard InChI is InChI=1S/C19H33N3O3.HI/c1-4-6-13-25-14-7-11-21-19(20-5-2)22-12-10-16-8-9-17(24-3)15-18(16)23;/h8-9,15,23H,4-7,10-14H2,1-3H3,(H2,20,21,22);1H. The maximum atomic E-state index is 9.99. The number of phenolic OH excluding ortho intramolecular Hbond substituents is 1. The minimum atomic E-state index is 0. The molecule has 0 bridgehead atoms. The molecule has 3 N–H and O–H groups in total. The van der Waals surface area contributed by atoms with Crippen LogP contribution in [-0.2, 0) is 11.2 Å². The number of benzene rings is 1. The Labute approximate surface area is 174 Å². The Morgan fingerprint density at radius 1 is 1.15 bits per heavy atom. The molecule has 0 aliphatic heterocycles. The number of halogens is 1. The molecule has 0 aromatic heterocycles. The molecule has 0 heterocycles. The summed E-state index contributed by atoms with van der Waals surface area (Å²) in [5.41, 5.74) is 0.883. The molecule has 0 spiro atoms. The second kappa shape index (κ2) is 16.0. The predicted molar refractivity (Wildman–Crippen MR) is 118 cm³/mol. The third kappa shape index (κ3) is 10.7. The highest BCUT2D eigenvalue weighted by atomic mass is 127. The lowest BCUT2D eigenvalue weighted by molar-refractivity contribution is 0.130. The van der Waals surface area contributed by atoms with E-state index in [0.29, 0.717) is 18.7 Å². The van der Waals surface area contributed by atoms with Gasteiger partial charge in [-0.25, -0.2) is 0 Å². The van der Waals surface area contributed by atoms with Crippen LogP contribution < -0.4 is 15.4 Å². The van der Waals surface area contributed by atoms with Crippen LogP contribution in [0.3, 0.4) is 0 Å². The molecule has 6 nitrogen and oxygen atoms in total. The fourth-order valence-corrected chi connectivity index (χ4v) is 2.25. The summed E-state index contributed by atoms with van der Waals surface area (Å²) in [5, 5.41) is 16.5. The van der Waals surface area contributed by atoms with Crippen molar-refractivity contribution in [3.8, 4) is 11.5 Å². The Kier molecular flexibility index (Phi) is 15.2. The monoisotopic (exact) mass is 479 g/mol. The van der Waals surface area contributed by atoms with Crippen LogP contribution in [0, 0.1) is 0 Å². The highest BCUT2D eigenvalue weighted by Gasteiger charge is 2.04. The van der Waals surface area contributed by atoms with Gasteiger partial charge < -0.3 is 25.2 Å². The average molecular weight is 479 g/mol. The van der Waals surface area contributed by atoms with Gasteiger partial charge in [-0.1, -0.05) is 19.4 Å². The lowest BCUT2D eigenvalue weighted by Crippen LogP contribution is -2.38.